The molecule has 5 heteroatoms. The van der Waals surface area contributed by atoms with Crippen molar-refractivity contribution in [3.8, 4) is 0 Å². The van der Waals surface area contributed by atoms with Gasteiger partial charge in [-0.3, -0.25) is 9.69 Å². The minimum absolute atomic E-state index is 0.194. The largest absolute Gasteiger partial charge is 0.351 e. The quantitative estimate of drug-likeness (QED) is 0.818. The normalized spacial score (nSPS) is 25.7. The van der Waals surface area contributed by atoms with Crippen LogP contribution in [0, 0.1) is 0 Å². The molecule has 0 spiro atoms. The van der Waals surface area contributed by atoms with Gasteiger partial charge in [-0.05, 0) is 33.5 Å². The fourth-order valence-corrected chi connectivity index (χ4v) is 2.77. The fourth-order valence-electron chi connectivity index (χ4n) is 2.77. The highest BCUT2D eigenvalue weighted by molar-refractivity contribution is 5.78. The Morgan fingerprint density at radius 3 is 2.30 bits per heavy atom. The molecule has 2 fully saturated rings. The van der Waals surface area contributed by atoms with Crippen molar-refractivity contribution in [1.82, 2.24) is 20.0 Å². The van der Waals surface area contributed by atoms with Gasteiger partial charge in [0.25, 0.3) is 0 Å². The van der Waals surface area contributed by atoms with Crippen LogP contribution in [0.15, 0.2) is 0 Å². The lowest BCUT2D eigenvalue weighted by atomic mass is 10.1. The number of rotatable bonds is 3. The van der Waals surface area contributed by atoms with Gasteiger partial charge in [0.15, 0.2) is 0 Å². The molecule has 1 N–H and O–H groups in total. The van der Waals surface area contributed by atoms with E-state index in [2.05, 4.69) is 34.1 Å². The third-order valence-corrected chi connectivity index (χ3v) is 3.95. The predicted octanol–water partition coefficient (Wildman–Crippen LogP) is 0.470. The lowest BCUT2D eigenvalue weighted by Gasteiger charge is -2.33. The first-order valence-electron chi connectivity index (χ1n) is 8.02. The van der Waals surface area contributed by atoms with Gasteiger partial charge in [0.1, 0.15) is 0 Å². The maximum Gasteiger partial charge on any atom is 0.234 e. The molecule has 118 valence electrons. The van der Waals surface area contributed by atoms with Crippen LogP contribution in [-0.4, -0.2) is 86.6 Å². The van der Waals surface area contributed by atoms with E-state index in [-0.39, 0.29) is 5.91 Å². The van der Waals surface area contributed by atoms with E-state index < -0.39 is 0 Å². The average Bonchev–Trinajstić information content (AvgIpc) is 2.43. The summed E-state index contributed by atoms with van der Waals surface area (Å²) in [6, 6.07) is 0.351. The highest BCUT2D eigenvalue weighted by Crippen LogP contribution is 2.08. The maximum atomic E-state index is 12.0. The Morgan fingerprint density at radius 1 is 1.05 bits per heavy atom. The van der Waals surface area contributed by atoms with Crippen LogP contribution in [0.3, 0.4) is 0 Å². The van der Waals surface area contributed by atoms with E-state index >= 15 is 0 Å². The third-order valence-electron chi connectivity index (χ3n) is 3.95. The molecule has 0 aliphatic carbocycles. The number of nitrogens with one attached hydrogen (secondary N) is 1. The standard InChI is InChI=1S/C13H26N4O.C2H6/c1-15-6-8-17(9-7-15)11-13(18)14-12-4-3-5-16(2)10-12;1-2/h12H,3-11H2,1-2H3,(H,14,18);1-2H3. The molecule has 0 saturated carbocycles. The Morgan fingerprint density at radius 2 is 1.70 bits per heavy atom. The summed E-state index contributed by atoms with van der Waals surface area (Å²) in [6.07, 6.45) is 2.31. The van der Waals surface area contributed by atoms with Gasteiger partial charge in [0, 0.05) is 38.8 Å². The van der Waals surface area contributed by atoms with E-state index in [4.69, 9.17) is 0 Å². The second kappa shape index (κ2) is 9.32. The first-order chi connectivity index (χ1) is 9.63. The first-order valence-corrected chi connectivity index (χ1v) is 8.02. The Balaban J connectivity index is 0.000000956. The van der Waals surface area contributed by atoms with Crippen molar-refractivity contribution in [3.63, 3.8) is 0 Å². The molecule has 0 radical (unpaired) electrons. The highest BCUT2D eigenvalue weighted by Gasteiger charge is 2.21. The third kappa shape index (κ3) is 6.20. The topological polar surface area (TPSA) is 38.8 Å². The Hall–Kier alpha value is -0.650. The molecule has 2 saturated heterocycles. The summed E-state index contributed by atoms with van der Waals surface area (Å²) in [5.41, 5.74) is 0. The number of hydrogen-bond donors (Lipinski definition) is 1. The molecular weight excluding hydrogens is 252 g/mol. The zero-order valence-electron chi connectivity index (χ0n) is 13.7. The van der Waals surface area contributed by atoms with Gasteiger partial charge in [0.05, 0.1) is 6.54 Å². The van der Waals surface area contributed by atoms with E-state index in [1.54, 1.807) is 0 Å². The highest BCUT2D eigenvalue weighted by atomic mass is 16.2. The van der Waals surface area contributed by atoms with Gasteiger partial charge in [-0.15, -0.1) is 0 Å². The Labute approximate surface area is 124 Å². The van der Waals surface area contributed by atoms with Crippen molar-refractivity contribution in [1.29, 1.82) is 0 Å². The molecule has 1 amide bonds. The molecule has 2 aliphatic heterocycles. The number of carbonyl (C=O) groups is 1. The molecule has 0 aromatic heterocycles. The summed E-state index contributed by atoms with van der Waals surface area (Å²) in [6.45, 7) is 10.9. The number of piperidine rings is 1. The molecule has 20 heavy (non-hydrogen) atoms. The summed E-state index contributed by atoms with van der Waals surface area (Å²) in [5.74, 6) is 0.194. The van der Waals surface area contributed by atoms with Crippen molar-refractivity contribution < 1.29 is 4.79 Å². The van der Waals surface area contributed by atoms with Crippen LogP contribution in [0.25, 0.3) is 0 Å². The molecule has 2 heterocycles. The smallest absolute Gasteiger partial charge is 0.234 e. The monoisotopic (exact) mass is 284 g/mol. The van der Waals surface area contributed by atoms with E-state index in [9.17, 15) is 4.79 Å². The van der Waals surface area contributed by atoms with Gasteiger partial charge in [-0.1, -0.05) is 13.8 Å². The molecule has 1 unspecified atom stereocenters. The van der Waals surface area contributed by atoms with Crippen molar-refractivity contribution in [3.05, 3.63) is 0 Å². The lowest BCUT2D eigenvalue weighted by molar-refractivity contribution is -0.123. The van der Waals surface area contributed by atoms with Crippen molar-refractivity contribution >= 4 is 5.91 Å². The molecule has 2 rings (SSSR count). The second-order valence-corrected chi connectivity index (χ2v) is 5.75. The van der Waals surface area contributed by atoms with Crippen molar-refractivity contribution in [2.75, 3.05) is 59.9 Å². The van der Waals surface area contributed by atoms with Gasteiger partial charge < -0.3 is 15.1 Å². The zero-order chi connectivity index (χ0) is 15.0. The van der Waals surface area contributed by atoms with Gasteiger partial charge in [-0.25, -0.2) is 0 Å². The number of likely N-dealkylation sites (N-methyl/N-ethyl adjacent to an activating group) is 2. The van der Waals surface area contributed by atoms with E-state index in [0.29, 0.717) is 12.6 Å². The molecule has 2 aliphatic rings. The molecule has 0 aromatic rings. The number of nitrogens with zero attached hydrogens (tertiary/aromatic N) is 3. The minimum Gasteiger partial charge on any atom is -0.351 e. The average molecular weight is 284 g/mol. The SMILES string of the molecule is CC.CN1CCN(CC(=O)NC2CCCN(C)C2)CC1. The Bertz CT molecular complexity index is 277. The minimum atomic E-state index is 0.194. The van der Waals surface area contributed by atoms with Crippen molar-refractivity contribution in [2.24, 2.45) is 0 Å². The van der Waals surface area contributed by atoms with Crippen LogP contribution in [0.5, 0.6) is 0 Å². The first kappa shape index (κ1) is 17.4. The van der Waals surface area contributed by atoms with E-state index in [1.165, 1.54) is 6.42 Å². The number of hydrogen-bond acceptors (Lipinski definition) is 4. The lowest BCUT2D eigenvalue weighted by Crippen LogP contribution is -2.51. The van der Waals surface area contributed by atoms with Gasteiger partial charge in [-0.2, -0.15) is 0 Å². The molecule has 1 atom stereocenters. The summed E-state index contributed by atoms with van der Waals surface area (Å²) < 4.78 is 0. The van der Waals surface area contributed by atoms with Crippen LogP contribution >= 0.6 is 0 Å². The van der Waals surface area contributed by atoms with Gasteiger partial charge >= 0.3 is 0 Å². The molecular formula is C15H32N4O. The summed E-state index contributed by atoms with van der Waals surface area (Å²) in [5, 5.41) is 3.17. The summed E-state index contributed by atoms with van der Waals surface area (Å²) in [4.78, 5) is 18.8. The van der Waals surface area contributed by atoms with Crippen LogP contribution in [0.1, 0.15) is 26.7 Å². The van der Waals surface area contributed by atoms with Gasteiger partial charge in [0.2, 0.25) is 5.91 Å². The molecule has 0 aromatic carbocycles. The number of amides is 1. The predicted molar refractivity (Wildman–Crippen MR) is 83.9 cm³/mol. The number of carbonyl (C=O) groups excluding carboxylic acids is 1. The number of likely N-dealkylation sites (tertiary alicyclic amines) is 1. The van der Waals surface area contributed by atoms with Crippen molar-refractivity contribution in [2.45, 2.75) is 32.7 Å². The van der Waals surface area contributed by atoms with E-state index in [1.807, 2.05) is 13.8 Å². The van der Waals surface area contributed by atoms with Crippen LogP contribution in [-0.2, 0) is 4.79 Å². The van der Waals surface area contributed by atoms with Crippen LogP contribution < -0.4 is 5.32 Å². The summed E-state index contributed by atoms with van der Waals surface area (Å²) in [7, 11) is 4.26. The second-order valence-electron chi connectivity index (χ2n) is 5.75. The molecule has 5 nitrogen and oxygen atoms in total. The van der Waals surface area contributed by atoms with E-state index in [0.717, 1.165) is 45.7 Å². The van der Waals surface area contributed by atoms with Crippen LogP contribution in [0.4, 0.5) is 0 Å². The number of piperazine rings is 1. The molecule has 0 bridgehead atoms. The maximum absolute atomic E-state index is 12.0. The van der Waals surface area contributed by atoms with Crippen LogP contribution in [0.2, 0.25) is 0 Å². The Kier molecular flexibility index (Phi) is 8.11. The summed E-state index contributed by atoms with van der Waals surface area (Å²) >= 11 is 0. The zero-order valence-corrected chi connectivity index (χ0v) is 13.7. The fraction of sp³-hybridized carbons (Fsp3) is 0.933.